The molecule has 0 amide bonds. The van der Waals surface area contributed by atoms with Crippen LogP contribution < -0.4 is 28.7 Å². The number of nitro groups is 2. The van der Waals surface area contributed by atoms with Crippen molar-refractivity contribution in [1.29, 1.82) is 0 Å². The lowest BCUT2D eigenvalue weighted by Crippen LogP contribution is -2.04. The molecule has 5 aromatic rings. The van der Waals surface area contributed by atoms with Crippen LogP contribution in [0.1, 0.15) is 54.9 Å². The van der Waals surface area contributed by atoms with Crippen molar-refractivity contribution in [3.05, 3.63) is 155 Å². The highest BCUT2D eigenvalue weighted by Gasteiger charge is 2.12. The lowest BCUT2D eigenvalue weighted by molar-refractivity contribution is -0.384. The van der Waals surface area contributed by atoms with E-state index < -0.39 is 15.8 Å². The lowest BCUT2D eigenvalue weighted by atomic mass is 10.1. The number of carbonyl (C=O) groups is 1. The van der Waals surface area contributed by atoms with E-state index in [0.717, 1.165) is 28.1 Å². The SMILES string of the molecule is Cc1cc(C)cc(N)c1.Cc1cc(N)c([N+](=O)[O-])cc1C.Cc1ccc(N)cc1C.Cc1ccc([N+](=O)[O-])c(N)c1.Cc1cccc(N)c1C(=O)O. The Hall–Kier alpha value is -6.63. The van der Waals surface area contributed by atoms with Crippen molar-refractivity contribution in [2.45, 2.75) is 55.4 Å². The molecular formula is C39H49N7O6. The first kappa shape index (κ1) is 43.4. The van der Waals surface area contributed by atoms with E-state index in [2.05, 4.69) is 19.9 Å². The number of aromatic carboxylic acids is 1. The Morgan fingerprint density at radius 1 is 0.500 bits per heavy atom. The van der Waals surface area contributed by atoms with E-state index in [1.54, 1.807) is 43.3 Å². The molecule has 0 radical (unpaired) electrons. The second-order valence-corrected chi connectivity index (χ2v) is 12.2. The number of nitrogens with zero attached hydrogens (tertiary/aromatic N) is 2. The zero-order valence-corrected chi connectivity index (χ0v) is 30.9. The van der Waals surface area contributed by atoms with Gasteiger partial charge in [0.25, 0.3) is 11.4 Å². The monoisotopic (exact) mass is 711 g/mol. The van der Waals surface area contributed by atoms with Crippen LogP contribution in [0.4, 0.5) is 39.8 Å². The van der Waals surface area contributed by atoms with Gasteiger partial charge in [-0.3, -0.25) is 20.2 Å². The molecule has 13 nitrogen and oxygen atoms in total. The van der Waals surface area contributed by atoms with Crippen LogP contribution in [0, 0.1) is 75.6 Å². The normalized spacial score (nSPS) is 9.62. The number of nitro benzene ring substituents is 2. The van der Waals surface area contributed by atoms with Gasteiger partial charge in [-0.05, 0) is 142 Å². The summed E-state index contributed by atoms with van der Waals surface area (Å²) >= 11 is 0. The molecule has 0 unspecified atom stereocenters. The van der Waals surface area contributed by atoms with Crippen molar-refractivity contribution in [2.75, 3.05) is 28.7 Å². The molecule has 13 heteroatoms. The Labute approximate surface area is 304 Å². The number of carboxylic acids is 1. The van der Waals surface area contributed by atoms with Gasteiger partial charge in [-0.15, -0.1) is 0 Å². The second kappa shape index (κ2) is 20.1. The van der Waals surface area contributed by atoms with Gasteiger partial charge in [0.15, 0.2) is 0 Å². The molecule has 5 aromatic carbocycles. The minimum atomic E-state index is -0.972. The molecule has 276 valence electrons. The van der Waals surface area contributed by atoms with Crippen LogP contribution in [0.3, 0.4) is 0 Å². The van der Waals surface area contributed by atoms with Crippen molar-refractivity contribution >= 4 is 45.8 Å². The highest BCUT2D eigenvalue weighted by Crippen LogP contribution is 2.25. The molecule has 0 bridgehead atoms. The fraction of sp³-hybridized carbons (Fsp3) is 0.205. The Bertz CT molecular complexity index is 1960. The average molecular weight is 712 g/mol. The van der Waals surface area contributed by atoms with Crippen LogP contribution in [0.15, 0.2) is 84.9 Å². The number of benzene rings is 5. The minimum absolute atomic E-state index is 0.0156. The zero-order chi connectivity index (χ0) is 39.9. The summed E-state index contributed by atoms with van der Waals surface area (Å²) < 4.78 is 0. The summed E-state index contributed by atoms with van der Waals surface area (Å²) in [5.74, 6) is -0.972. The molecule has 52 heavy (non-hydrogen) atoms. The maximum Gasteiger partial charge on any atom is 0.338 e. The van der Waals surface area contributed by atoms with Gasteiger partial charge >= 0.3 is 5.97 Å². The van der Waals surface area contributed by atoms with Gasteiger partial charge in [-0.25, -0.2) is 4.79 Å². The zero-order valence-electron chi connectivity index (χ0n) is 30.9. The van der Waals surface area contributed by atoms with Crippen molar-refractivity contribution in [3.63, 3.8) is 0 Å². The fourth-order valence-corrected chi connectivity index (χ4v) is 4.58. The third-order valence-electron chi connectivity index (χ3n) is 7.51. The average Bonchev–Trinajstić information content (AvgIpc) is 3.01. The van der Waals surface area contributed by atoms with Crippen molar-refractivity contribution in [1.82, 2.24) is 0 Å². The first-order valence-electron chi connectivity index (χ1n) is 15.9. The quantitative estimate of drug-likeness (QED) is 0.0589. The number of hydrogen-bond acceptors (Lipinski definition) is 10. The lowest BCUT2D eigenvalue weighted by Gasteiger charge is -2.02. The summed E-state index contributed by atoms with van der Waals surface area (Å²) in [4.78, 5) is 30.3. The summed E-state index contributed by atoms with van der Waals surface area (Å²) in [6.45, 7) is 15.5. The highest BCUT2D eigenvalue weighted by atomic mass is 16.6. The van der Waals surface area contributed by atoms with Crippen molar-refractivity contribution in [2.24, 2.45) is 0 Å². The number of aryl methyl sites for hydroxylation is 8. The second-order valence-electron chi connectivity index (χ2n) is 12.2. The van der Waals surface area contributed by atoms with Gasteiger partial charge in [0.1, 0.15) is 11.4 Å². The van der Waals surface area contributed by atoms with E-state index in [1.807, 2.05) is 65.0 Å². The molecule has 0 aliphatic heterocycles. The van der Waals surface area contributed by atoms with Crippen LogP contribution in [0.25, 0.3) is 0 Å². The summed E-state index contributed by atoms with van der Waals surface area (Å²) in [5.41, 5.74) is 38.5. The van der Waals surface area contributed by atoms with E-state index in [1.165, 1.54) is 34.4 Å². The Balaban J connectivity index is 0.000000326. The van der Waals surface area contributed by atoms with Crippen LogP contribution in [0.2, 0.25) is 0 Å². The molecule has 0 atom stereocenters. The van der Waals surface area contributed by atoms with Crippen LogP contribution in [-0.2, 0) is 0 Å². The third-order valence-corrected chi connectivity index (χ3v) is 7.51. The molecule has 5 rings (SSSR count). The van der Waals surface area contributed by atoms with Gasteiger partial charge in [0.05, 0.1) is 15.4 Å². The topological polar surface area (TPSA) is 254 Å². The summed E-state index contributed by atoms with van der Waals surface area (Å²) in [7, 11) is 0. The first-order chi connectivity index (χ1) is 24.1. The van der Waals surface area contributed by atoms with Crippen molar-refractivity contribution in [3.8, 4) is 0 Å². The van der Waals surface area contributed by atoms with Crippen molar-refractivity contribution < 1.29 is 19.7 Å². The van der Waals surface area contributed by atoms with E-state index in [9.17, 15) is 25.0 Å². The molecule has 0 aliphatic rings. The Kier molecular flexibility index (Phi) is 16.8. The molecule has 0 aliphatic carbocycles. The summed E-state index contributed by atoms with van der Waals surface area (Å²) in [6.07, 6.45) is 0. The number of nitrogens with two attached hydrogens (primary N) is 5. The predicted octanol–water partition coefficient (Wildman–Crippen LogP) is 8.33. The number of hydrogen-bond donors (Lipinski definition) is 6. The van der Waals surface area contributed by atoms with E-state index in [-0.39, 0.29) is 28.3 Å². The number of rotatable bonds is 3. The number of nitrogen functional groups attached to an aromatic ring is 5. The molecule has 0 fully saturated rings. The first-order valence-corrected chi connectivity index (χ1v) is 15.9. The van der Waals surface area contributed by atoms with Gasteiger partial charge in [0, 0.05) is 29.2 Å². The van der Waals surface area contributed by atoms with Crippen LogP contribution in [-0.4, -0.2) is 20.9 Å². The van der Waals surface area contributed by atoms with Crippen LogP contribution >= 0.6 is 0 Å². The van der Waals surface area contributed by atoms with E-state index >= 15 is 0 Å². The molecule has 0 spiro atoms. The molecule has 0 heterocycles. The molecule has 0 aromatic heterocycles. The predicted molar refractivity (Wildman–Crippen MR) is 212 cm³/mol. The number of anilines is 5. The van der Waals surface area contributed by atoms with Gasteiger partial charge < -0.3 is 33.8 Å². The molecule has 0 saturated carbocycles. The van der Waals surface area contributed by atoms with Gasteiger partial charge in [0.2, 0.25) is 0 Å². The maximum absolute atomic E-state index is 10.6. The van der Waals surface area contributed by atoms with Gasteiger partial charge in [-0.1, -0.05) is 30.3 Å². The van der Waals surface area contributed by atoms with Gasteiger partial charge in [-0.2, -0.15) is 0 Å². The largest absolute Gasteiger partial charge is 0.478 e. The van der Waals surface area contributed by atoms with E-state index in [0.29, 0.717) is 11.3 Å². The maximum atomic E-state index is 10.6. The van der Waals surface area contributed by atoms with Crippen LogP contribution in [0.5, 0.6) is 0 Å². The summed E-state index contributed by atoms with van der Waals surface area (Å²) in [6, 6.07) is 24.8. The number of carboxylic acid groups (broad SMARTS) is 1. The van der Waals surface area contributed by atoms with E-state index in [4.69, 9.17) is 33.8 Å². The smallest absolute Gasteiger partial charge is 0.338 e. The Morgan fingerprint density at radius 2 is 1.02 bits per heavy atom. The summed E-state index contributed by atoms with van der Waals surface area (Å²) in [5, 5.41) is 29.3. The molecule has 0 saturated heterocycles. The molecular weight excluding hydrogens is 662 g/mol. The Morgan fingerprint density at radius 3 is 1.44 bits per heavy atom. The standard InChI is InChI=1S/C8H10N2O2.C8H9NO2.2C8H11N.C7H8N2O2/c1-5-3-7(9)8(10(11)12)4-6(5)2;1-5-3-2-4-6(9)7(5)8(10)11;1-6-3-7(2)5-8(9)4-6;1-6-3-4-8(9)5-7(6)2;1-5-2-3-7(9(10)11)6(8)4-5/h3-4H,9H2,1-2H3;2-4H,9H2,1H3,(H,10,11);2*3-5H,9H2,1-2H3;2-4H,8H2,1H3. The minimum Gasteiger partial charge on any atom is -0.478 e. The molecule has 11 N–H and O–H groups in total. The highest BCUT2D eigenvalue weighted by molar-refractivity contribution is 5.95. The third kappa shape index (κ3) is 14.5. The fourth-order valence-electron chi connectivity index (χ4n) is 4.58.